The van der Waals surface area contributed by atoms with E-state index >= 15 is 0 Å². The third kappa shape index (κ3) is 5.38. The Morgan fingerprint density at radius 2 is 2.03 bits per heavy atom. The number of H-pyrrole nitrogens is 1. The quantitative estimate of drug-likeness (QED) is 0.636. The molecule has 2 N–H and O–H groups in total. The topological polar surface area (TPSA) is 87.0 Å². The lowest BCUT2D eigenvalue weighted by molar-refractivity contribution is 0.0617. The van der Waals surface area contributed by atoms with E-state index in [-0.39, 0.29) is 36.8 Å². The fourth-order valence-electron chi connectivity index (χ4n) is 3.46. The van der Waals surface area contributed by atoms with Crippen molar-refractivity contribution in [2.75, 3.05) is 13.1 Å². The molecule has 0 unspecified atom stereocenters. The number of rotatable bonds is 5. The van der Waals surface area contributed by atoms with Crippen LogP contribution in [-0.2, 0) is 6.54 Å². The van der Waals surface area contributed by atoms with Crippen LogP contribution in [-0.4, -0.2) is 45.1 Å². The average Bonchev–Trinajstić information content (AvgIpc) is 3.36. The van der Waals surface area contributed by atoms with E-state index in [9.17, 15) is 4.79 Å². The van der Waals surface area contributed by atoms with Crippen molar-refractivity contribution in [3.05, 3.63) is 59.7 Å². The van der Waals surface area contributed by atoms with Gasteiger partial charge in [0.15, 0.2) is 11.5 Å². The zero-order chi connectivity index (χ0) is 18.6. The first-order valence-electron chi connectivity index (χ1n) is 9.23. The summed E-state index contributed by atoms with van der Waals surface area (Å²) in [5, 5.41) is 10.5. The van der Waals surface area contributed by atoms with Gasteiger partial charge in [-0.25, -0.2) is 0 Å². The van der Waals surface area contributed by atoms with Crippen molar-refractivity contribution in [1.29, 1.82) is 0 Å². The lowest BCUT2D eigenvalue weighted by atomic mass is 10.0. The largest absolute Gasteiger partial charge is 0.460 e. The predicted molar refractivity (Wildman–Crippen MR) is 116 cm³/mol. The number of furan rings is 1. The third-order valence-corrected chi connectivity index (χ3v) is 4.89. The monoisotopic (exact) mass is 437 g/mol. The molecular weight excluding hydrogens is 413 g/mol. The summed E-state index contributed by atoms with van der Waals surface area (Å²) in [4.78, 5) is 19.4. The summed E-state index contributed by atoms with van der Waals surface area (Å²) < 4.78 is 5.62. The van der Waals surface area contributed by atoms with Gasteiger partial charge in [-0.3, -0.25) is 14.9 Å². The van der Waals surface area contributed by atoms with Gasteiger partial charge in [-0.05, 0) is 56.6 Å². The number of carbonyl (C=O) groups excluding carboxylic acids is 1. The van der Waals surface area contributed by atoms with Crippen molar-refractivity contribution in [3.63, 3.8) is 0 Å². The van der Waals surface area contributed by atoms with Crippen LogP contribution in [0.4, 0.5) is 0 Å². The summed E-state index contributed by atoms with van der Waals surface area (Å²) in [6.45, 7) is 4.25. The average molecular weight is 438 g/mol. The van der Waals surface area contributed by atoms with Crippen molar-refractivity contribution in [2.45, 2.75) is 32.4 Å². The number of pyridine rings is 1. The molecule has 7 nitrogen and oxygen atoms in total. The van der Waals surface area contributed by atoms with Crippen LogP contribution in [0.15, 0.2) is 47.1 Å². The van der Waals surface area contributed by atoms with Gasteiger partial charge in [0.25, 0.3) is 5.91 Å². The molecule has 1 aliphatic rings. The summed E-state index contributed by atoms with van der Waals surface area (Å²) in [5.74, 6) is 1.43. The Morgan fingerprint density at radius 1 is 1.24 bits per heavy atom. The second-order valence-electron chi connectivity index (χ2n) is 6.85. The molecule has 1 fully saturated rings. The van der Waals surface area contributed by atoms with Gasteiger partial charge in [0.1, 0.15) is 11.5 Å². The summed E-state index contributed by atoms with van der Waals surface area (Å²) in [5.41, 5.74) is 2.13. The molecule has 3 aromatic heterocycles. The second kappa shape index (κ2) is 10.4. The van der Waals surface area contributed by atoms with Crippen molar-refractivity contribution in [3.8, 4) is 11.5 Å². The molecule has 1 saturated heterocycles. The highest BCUT2D eigenvalue weighted by Crippen LogP contribution is 2.23. The van der Waals surface area contributed by atoms with Gasteiger partial charge in [0, 0.05) is 31.0 Å². The number of aryl methyl sites for hydroxylation is 1. The Bertz CT molecular complexity index is 907. The number of aromatic nitrogens is 3. The van der Waals surface area contributed by atoms with E-state index in [0.29, 0.717) is 23.7 Å². The van der Waals surface area contributed by atoms with Gasteiger partial charge in [0.2, 0.25) is 0 Å². The minimum Gasteiger partial charge on any atom is -0.460 e. The van der Waals surface area contributed by atoms with Crippen molar-refractivity contribution < 1.29 is 9.21 Å². The molecule has 0 aromatic carbocycles. The van der Waals surface area contributed by atoms with Crippen LogP contribution >= 0.6 is 24.8 Å². The standard InChI is InChI=1S/C20H23N5O2.2ClH/c1-14-4-5-19(27-14)17-11-18(24-23-17)20(26)25(16-6-9-21-10-7-16)13-15-3-2-8-22-12-15;;/h2-5,8,11-12,16,21H,6-7,9-10,13H2,1H3,(H,23,24);2*1H. The Morgan fingerprint density at radius 3 is 2.69 bits per heavy atom. The van der Waals surface area contributed by atoms with E-state index in [1.165, 1.54) is 0 Å². The first kappa shape index (κ1) is 22.9. The number of amides is 1. The minimum atomic E-state index is -0.0727. The maximum Gasteiger partial charge on any atom is 0.274 e. The Balaban J connectivity index is 0.00000150. The Labute approximate surface area is 182 Å². The fourth-order valence-corrected chi connectivity index (χ4v) is 3.46. The zero-order valence-electron chi connectivity index (χ0n) is 16.1. The smallest absolute Gasteiger partial charge is 0.274 e. The molecule has 1 amide bonds. The molecule has 0 spiro atoms. The van der Waals surface area contributed by atoms with E-state index in [4.69, 9.17) is 4.42 Å². The fraction of sp³-hybridized carbons (Fsp3) is 0.350. The minimum absolute atomic E-state index is 0. The highest BCUT2D eigenvalue weighted by Gasteiger charge is 2.28. The van der Waals surface area contributed by atoms with E-state index in [2.05, 4.69) is 20.5 Å². The maximum atomic E-state index is 13.3. The lowest BCUT2D eigenvalue weighted by Gasteiger charge is -2.34. The van der Waals surface area contributed by atoms with Crippen LogP contribution in [0.2, 0.25) is 0 Å². The van der Waals surface area contributed by atoms with Crippen LogP contribution in [0, 0.1) is 6.92 Å². The van der Waals surface area contributed by atoms with Crippen LogP contribution in [0.25, 0.3) is 11.5 Å². The molecule has 3 aromatic rings. The van der Waals surface area contributed by atoms with Crippen LogP contribution in [0.1, 0.15) is 34.7 Å². The molecule has 0 aliphatic carbocycles. The summed E-state index contributed by atoms with van der Waals surface area (Å²) >= 11 is 0. The molecule has 0 radical (unpaired) electrons. The SMILES string of the molecule is Cc1ccc(-c2cc(C(=O)N(Cc3cccnc3)C3CCNCC3)n[nH]2)o1.Cl.Cl. The van der Waals surface area contributed by atoms with E-state index in [1.807, 2.05) is 42.3 Å². The Hall–Kier alpha value is -2.35. The van der Waals surface area contributed by atoms with Gasteiger partial charge < -0.3 is 14.6 Å². The number of carbonyl (C=O) groups is 1. The predicted octanol–water partition coefficient (Wildman–Crippen LogP) is 3.61. The summed E-state index contributed by atoms with van der Waals surface area (Å²) in [6, 6.07) is 9.60. The van der Waals surface area contributed by atoms with E-state index < -0.39 is 0 Å². The molecule has 0 atom stereocenters. The molecule has 4 heterocycles. The normalized spacial score (nSPS) is 14.0. The molecule has 4 rings (SSSR count). The number of aromatic amines is 1. The van der Waals surface area contributed by atoms with Crippen LogP contribution in [0.5, 0.6) is 0 Å². The number of hydrogen-bond acceptors (Lipinski definition) is 5. The number of halogens is 2. The molecular formula is C20H25Cl2N5O2. The maximum absolute atomic E-state index is 13.3. The van der Waals surface area contributed by atoms with Gasteiger partial charge in [-0.2, -0.15) is 5.10 Å². The number of piperidine rings is 1. The highest BCUT2D eigenvalue weighted by molar-refractivity contribution is 5.93. The molecule has 1 aliphatic heterocycles. The first-order chi connectivity index (χ1) is 13.2. The molecule has 0 bridgehead atoms. The number of nitrogens with one attached hydrogen (secondary N) is 2. The van der Waals surface area contributed by atoms with Crippen molar-refractivity contribution in [1.82, 2.24) is 25.4 Å². The van der Waals surface area contributed by atoms with Gasteiger partial charge in [0.05, 0.1) is 0 Å². The zero-order valence-corrected chi connectivity index (χ0v) is 17.8. The molecule has 9 heteroatoms. The van der Waals surface area contributed by atoms with Gasteiger partial charge >= 0.3 is 0 Å². The Kier molecular flexibility index (Phi) is 8.25. The lowest BCUT2D eigenvalue weighted by Crippen LogP contribution is -2.45. The second-order valence-corrected chi connectivity index (χ2v) is 6.85. The van der Waals surface area contributed by atoms with E-state index in [1.54, 1.807) is 12.3 Å². The van der Waals surface area contributed by atoms with Gasteiger partial charge in [-0.15, -0.1) is 24.8 Å². The number of nitrogens with zero attached hydrogens (tertiary/aromatic N) is 3. The van der Waals surface area contributed by atoms with Crippen LogP contribution in [0.3, 0.4) is 0 Å². The van der Waals surface area contributed by atoms with Crippen molar-refractivity contribution >= 4 is 30.7 Å². The van der Waals surface area contributed by atoms with Crippen molar-refractivity contribution in [2.24, 2.45) is 0 Å². The third-order valence-electron chi connectivity index (χ3n) is 4.89. The van der Waals surface area contributed by atoms with Gasteiger partial charge in [-0.1, -0.05) is 6.07 Å². The summed E-state index contributed by atoms with van der Waals surface area (Å²) in [7, 11) is 0. The highest BCUT2D eigenvalue weighted by atomic mass is 35.5. The van der Waals surface area contributed by atoms with Crippen LogP contribution < -0.4 is 5.32 Å². The number of hydrogen-bond donors (Lipinski definition) is 2. The van der Waals surface area contributed by atoms with E-state index in [0.717, 1.165) is 37.3 Å². The molecule has 156 valence electrons. The summed E-state index contributed by atoms with van der Waals surface area (Å²) in [6.07, 6.45) is 5.41. The first-order valence-corrected chi connectivity index (χ1v) is 9.23. The molecule has 0 saturated carbocycles. The molecule has 29 heavy (non-hydrogen) atoms.